The highest BCUT2D eigenvalue weighted by atomic mass is 35.5. The standard InChI is InChI=1S/C21H28Cl2N6O2/c22-17-6-2-5-16(18(17)23)19-20(24)25-21(27-26-19)29-9-7-28(8-10-29)11-15(30)13-31-12-14-3-1-4-14/h2,5-6,14-15,30H,1,3-4,7-13H2,(H2,24,25,27). The number of rotatable bonds is 8. The van der Waals surface area contributed by atoms with Crippen LogP contribution in [0, 0.1) is 5.92 Å². The Morgan fingerprint density at radius 2 is 1.94 bits per heavy atom. The molecular weight excluding hydrogens is 439 g/mol. The molecule has 2 heterocycles. The Morgan fingerprint density at radius 1 is 1.16 bits per heavy atom. The second-order valence-electron chi connectivity index (χ2n) is 8.22. The average Bonchev–Trinajstić information content (AvgIpc) is 2.73. The molecule has 1 saturated carbocycles. The summed E-state index contributed by atoms with van der Waals surface area (Å²) in [7, 11) is 0. The fraction of sp³-hybridized carbons (Fsp3) is 0.571. The number of halogens is 2. The van der Waals surface area contributed by atoms with Crippen molar-refractivity contribution in [2.75, 3.05) is 56.6 Å². The molecule has 1 atom stereocenters. The summed E-state index contributed by atoms with van der Waals surface area (Å²) in [4.78, 5) is 8.71. The van der Waals surface area contributed by atoms with E-state index in [2.05, 4.69) is 20.1 Å². The molecule has 1 saturated heterocycles. The lowest BCUT2D eigenvalue weighted by molar-refractivity contribution is -0.00602. The van der Waals surface area contributed by atoms with Gasteiger partial charge in [0.15, 0.2) is 5.82 Å². The minimum Gasteiger partial charge on any atom is -0.389 e. The van der Waals surface area contributed by atoms with Crippen molar-refractivity contribution in [3.63, 3.8) is 0 Å². The van der Waals surface area contributed by atoms with E-state index in [-0.39, 0.29) is 5.82 Å². The molecule has 3 N–H and O–H groups in total. The van der Waals surface area contributed by atoms with E-state index < -0.39 is 6.10 Å². The van der Waals surface area contributed by atoms with Crippen LogP contribution in [0.3, 0.4) is 0 Å². The van der Waals surface area contributed by atoms with Gasteiger partial charge in [-0.1, -0.05) is 41.8 Å². The molecule has 31 heavy (non-hydrogen) atoms. The topological polar surface area (TPSA) is 101 Å². The minimum absolute atomic E-state index is 0.260. The van der Waals surface area contributed by atoms with Crippen molar-refractivity contribution in [3.8, 4) is 11.3 Å². The summed E-state index contributed by atoms with van der Waals surface area (Å²) in [5, 5.41) is 19.6. The predicted molar refractivity (Wildman–Crippen MR) is 123 cm³/mol. The number of β-amino-alcohol motifs (C(OH)–C–C–N with tert-alkyl or cyclic N) is 1. The molecule has 0 radical (unpaired) electrons. The number of hydrogen-bond donors (Lipinski definition) is 2. The van der Waals surface area contributed by atoms with E-state index in [1.54, 1.807) is 18.2 Å². The van der Waals surface area contributed by atoms with Crippen molar-refractivity contribution in [2.45, 2.75) is 25.4 Å². The van der Waals surface area contributed by atoms with Crippen LogP contribution in [0.25, 0.3) is 11.3 Å². The molecule has 168 valence electrons. The van der Waals surface area contributed by atoms with Gasteiger partial charge in [-0.25, -0.2) is 0 Å². The number of hydrogen-bond acceptors (Lipinski definition) is 8. The van der Waals surface area contributed by atoms with E-state index in [4.69, 9.17) is 33.7 Å². The number of anilines is 2. The fourth-order valence-corrected chi connectivity index (χ4v) is 4.24. The highest BCUT2D eigenvalue weighted by Gasteiger charge is 2.23. The van der Waals surface area contributed by atoms with E-state index in [0.717, 1.165) is 32.8 Å². The van der Waals surface area contributed by atoms with Crippen LogP contribution < -0.4 is 10.6 Å². The number of nitrogen functional groups attached to an aromatic ring is 1. The van der Waals surface area contributed by atoms with E-state index in [1.807, 2.05) is 4.90 Å². The highest BCUT2D eigenvalue weighted by molar-refractivity contribution is 6.43. The number of aliphatic hydroxyl groups excluding tert-OH is 1. The van der Waals surface area contributed by atoms with Crippen LogP contribution in [0.4, 0.5) is 11.8 Å². The quantitative estimate of drug-likeness (QED) is 0.612. The first-order valence-electron chi connectivity index (χ1n) is 10.7. The summed E-state index contributed by atoms with van der Waals surface area (Å²) in [6, 6.07) is 5.27. The molecule has 0 amide bonds. The Balaban J connectivity index is 1.28. The minimum atomic E-state index is -0.470. The molecule has 1 unspecified atom stereocenters. The third-order valence-corrected chi connectivity index (χ3v) is 6.74. The molecule has 1 aromatic heterocycles. The summed E-state index contributed by atoms with van der Waals surface area (Å²) >= 11 is 12.4. The predicted octanol–water partition coefficient (Wildman–Crippen LogP) is 2.73. The van der Waals surface area contributed by atoms with Gasteiger partial charge in [0.2, 0.25) is 5.95 Å². The Kier molecular flexibility index (Phi) is 7.45. The van der Waals surface area contributed by atoms with Crippen LogP contribution in [0.1, 0.15) is 19.3 Å². The van der Waals surface area contributed by atoms with Gasteiger partial charge in [-0.05, 0) is 24.8 Å². The normalized spacial score (nSPS) is 18.7. The molecule has 8 nitrogen and oxygen atoms in total. The summed E-state index contributed by atoms with van der Waals surface area (Å²) in [6.45, 7) is 4.82. The summed E-state index contributed by atoms with van der Waals surface area (Å²) < 4.78 is 5.66. The van der Waals surface area contributed by atoms with Crippen molar-refractivity contribution < 1.29 is 9.84 Å². The number of aromatic nitrogens is 3. The lowest BCUT2D eigenvalue weighted by atomic mass is 9.86. The Morgan fingerprint density at radius 3 is 2.61 bits per heavy atom. The van der Waals surface area contributed by atoms with Gasteiger partial charge in [-0.3, -0.25) is 4.90 Å². The van der Waals surface area contributed by atoms with Crippen LogP contribution in [0.5, 0.6) is 0 Å². The first-order chi connectivity index (χ1) is 15.0. The van der Waals surface area contributed by atoms with Crippen molar-refractivity contribution in [1.82, 2.24) is 20.1 Å². The molecule has 1 aliphatic heterocycles. The molecule has 2 fully saturated rings. The zero-order valence-electron chi connectivity index (χ0n) is 17.4. The van der Waals surface area contributed by atoms with E-state index in [9.17, 15) is 5.11 Å². The maximum atomic E-state index is 10.3. The van der Waals surface area contributed by atoms with Crippen molar-refractivity contribution in [3.05, 3.63) is 28.2 Å². The third kappa shape index (κ3) is 5.56. The van der Waals surface area contributed by atoms with Gasteiger partial charge >= 0.3 is 0 Å². The van der Waals surface area contributed by atoms with Gasteiger partial charge in [0, 0.05) is 44.9 Å². The smallest absolute Gasteiger partial charge is 0.247 e. The Labute approximate surface area is 192 Å². The third-order valence-electron chi connectivity index (χ3n) is 5.92. The Hall–Kier alpha value is -1.71. The maximum Gasteiger partial charge on any atom is 0.247 e. The monoisotopic (exact) mass is 466 g/mol. The number of nitrogens with zero attached hydrogens (tertiary/aromatic N) is 5. The largest absolute Gasteiger partial charge is 0.389 e. The van der Waals surface area contributed by atoms with E-state index in [1.165, 1.54) is 19.3 Å². The second-order valence-corrected chi connectivity index (χ2v) is 9.01. The maximum absolute atomic E-state index is 10.3. The molecule has 1 aliphatic carbocycles. The zero-order valence-corrected chi connectivity index (χ0v) is 18.9. The van der Waals surface area contributed by atoms with Gasteiger partial charge in [0.1, 0.15) is 5.69 Å². The molecule has 2 aliphatic rings. The summed E-state index contributed by atoms with van der Waals surface area (Å²) in [6.07, 6.45) is 3.35. The zero-order chi connectivity index (χ0) is 21.8. The molecule has 0 spiro atoms. The van der Waals surface area contributed by atoms with Crippen molar-refractivity contribution in [2.24, 2.45) is 5.92 Å². The molecule has 10 heteroatoms. The lowest BCUT2D eigenvalue weighted by Crippen LogP contribution is -2.49. The van der Waals surface area contributed by atoms with Gasteiger partial charge in [-0.15, -0.1) is 10.2 Å². The Bertz CT molecular complexity index is 890. The van der Waals surface area contributed by atoms with Crippen LogP contribution in [0.2, 0.25) is 10.0 Å². The molecule has 2 aromatic rings. The number of ether oxygens (including phenoxy) is 1. The SMILES string of the molecule is Nc1nc(N2CCN(CC(O)COCC3CCC3)CC2)nnc1-c1cccc(Cl)c1Cl. The van der Waals surface area contributed by atoms with Crippen LogP contribution in [0.15, 0.2) is 18.2 Å². The molecule has 0 bridgehead atoms. The number of aliphatic hydroxyl groups is 1. The van der Waals surface area contributed by atoms with E-state index in [0.29, 0.717) is 46.3 Å². The van der Waals surface area contributed by atoms with Gasteiger partial charge in [-0.2, -0.15) is 4.98 Å². The molecule has 4 rings (SSSR count). The average molecular weight is 467 g/mol. The highest BCUT2D eigenvalue weighted by Crippen LogP contribution is 2.34. The lowest BCUT2D eigenvalue weighted by Gasteiger charge is -2.35. The summed E-state index contributed by atoms with van der Waals surface area (Å²) in [5.41, 5.74) is 7.18. The molecular formula is C21H28Cl2N6O2. The number of nitrogens with two attached hydrogens (primary N) is 1. The summed E-state index contributed by atoms with van der Waals surface area (Å²) in [5.74, 6) is 1.44. The van der Waals surface area contributed by atoms with Gasteiger partial charge < -0.3 is 20.5 Å². The van der Waals surface area contributed by atoms with Crippen LogP contribution in [-0.4, -0.2) is 77.2 Å². The first kappa shape index (κ1) is 22.5. The fourth-order valence-electron chi connectivity index (χ4n) is 3.85. The second kappa shape index (κ2) is 10.3. The molecule has 1 aromatic carbocycles. The van der Waals surface area contributed by atoms with Gasteiger partial charge in [0.05, 0.1) is 22.8 Å². The van der Waals surface area contributed by atoms with E-state index >= 15 is 0 Å². The van der Waals surface area contributed by atoms with Crippen LogP contribution in [-0.2, 0) is 4.74 Å². The van der Waals surface area contributed by atoms with Gasteiger partial charge in [0.25, 0.3) is 0 Å². The number of piperazine rings is 1. The number of benzene rings is 1. The first-order valence-corrected chi connectivity index (χ1v) is 11.4. The van der Waals surface area contributed by atoms with Crippen molar-refractivity contribution >= 4 is 35.0 Å². The van der Waals surface area contributed by atoms with Crippen LogP contribution >= 0.6 is 23.2 Å². The van der Waals surface area contributed by atoms with Crippen molar-refractivity contribution in [1.29, 1.82) is 0 Å².